The SMILES string of the molecule is CCN(O)CC1=C(N2Cc3ccccc3C2=O)c2cc([N+](=O)[O-])ccc2OC1(C)C. The summed E-state index contributed by atoms with van der Waals surface area (Å²) in [5.41, 5.74) is 2.29. The number of benzene rings is 2. The molecule has 0 saturated heterocycles. The van der Waals surface area contributed by atoms with Crippen molar-refractivity contribution < 1.29 is 19.7 Å². The van der Waals surface area contributed by atoms with Crippen molar-refractivity contribution in [3.63, 3.8) is 0 Å². The van der Waals surface area contributed by atoms with Crippen molar-refractivity contribution >= 4 is 17.3 Å². The van der Waals surface area contributed by atoms with Crippen molar-refractivity contribution in [3.05, 3.63) is 74.8 Å². The van der Waals surface area contributed by atoms with Crippen LogP contribution in [-0.2, 0) is 6.54 Å². The van der Waals surface area contributed by atoms with Gasteiger partial charge in [-0.15, -0.1) is 0 Å². The summed E-state index contributed by atoms with van der Waals surface area (Å²) in [6.07, 6.45) is 0. The Morgan fingerprint density at radius 1 is 1.23 bits per heavy atom. The van der Waals surface area contributed by atoms with E-state index in [4.69, 9.17) is 4.74 Å². The minimum Gasteiger partial charge on any atom is -0.483 e. The standard InChI is InChI=1S/C22H23N3O5/c1-4-23(27)13-18-20(24-12-14-7-5-6-8-16(14)21(24)26)17-11-15(25(28)29)9-10-19(17)30-22(18,2)3/h5-11,27H,4,12-13H2,1-3H3. The molecule has 0 radical (unpaired) electrons. The largest absolute Gasteiger partial charge is 0.483 e. The number of hydrogen-bond acceptors (Lipinski definition) is 6. The fourth-order valence-electron chi connectivity index (χ4n) is 3.99. The number of carbonyl (C=O) groups is 1. The number of carbonyl (C=O) groups excluding carboxylic acids is 1. The number of amides is 1. The Kier molecular flexibility index (Phi) is 4.83. The van der Waals surface area contributed by atoms with Gasteiger partial charge in [-0.3, -0.25) is 14.9 Å². The summed E-state index contributed by atoms with van der Waals surface area (Å²) in [6.45, 7) is 6.41. The van der Waals surface area contributed by atoms with E-state index in [9.17, 15) is 20.1 Å². The van der Waals surface area contributed by atoms with Crippen molar-refractivity contribution in [1.29, 1.82) is 0 Å². The van der Waals surface area contributed by atoms with Crippen molar-refractivity contribution in [1.82, 2.24) is 9.96 Å². The number of fused-ring (bicyclic) bond motifs is 2. The molecule has 0 fully saturated rings. The molecular formula is C22H23N3O5. The molecular weight excluding hydrogens is 386 g/mol. The molecule has 2 heterocycles. The second kappa shape index (κ2) is 7.23. The third-order valence-corrected chi connectivity index (χ3v) is 5.60. The summed E-state index contributed by atoms with van der Waals surface area (Å²) in [7, 11) is 0. The highest BCUT2D eigenvalue weighted by Crippen LogP contribution is 2.46. The first kappa shape index (κ1) is 20.1. The molecule has 2 aliphatic heterocycles. The van der Waals surface area contributed by atoms with Gasteiger partial charge in [0.1, 0.15) is 11.4 Å². The van der Waals surface area contributed by atoms with Gasteiger partial charge in [-0.05, 0) is 31.5 Å². The predicted molar refractivity (Wildman–Crippen MR) is 110 cm³/mol. The van der Waals surface area contributed by atoms with Crippen LogP contribution < -0.4 is 4.74 Å². The number of nitrogens with zero attached hydrogens (tertiary/aromatic N) is 3. The highest BCUT2D eigenvalue weighted by molar-refractivity contribution is 6.04. The number of nitro groups is 1. The minimum absolute atomic E-state index is 0.0885. The molecule has 1 N–H and O–H groups in total. The van der Waals surface area contributed by atoms with Crippen LogP contribution in [0.15, 0.2) is 48.0 Å². The predicted octanol–water partition coefficient (Wildman–Crippen LogP) is 3.84. The number of likely N-dealkylation sites (N-methyl/N-ethyl adjacent to an activating group) is 1. The first-order valence-corrected chi connectivity index (χ1v) is 9.78. The summed E-state index contributed by atoms with van der Waals surface area (Å²) < 4.78 is 6.16. The molecule has 0 atom stereocenters. The molecule has 0 bridgehead atoms. The molecule has 0 aromatic heterocycles. The number of hydrogen-bond donors (Lipinski definition) is 1. The monoisotopic (exact) mass is 409 g/mol. The zero-order chi connectivity index (χ0) is 21.6. The molecule has 156 valence electrons. The van der Waals surface area contributed by atoms with Crippen LogP contribution in [0.3, 0.4) is 0 Å². The van der Waals surface area contributed by atoms with Crippen LogP contribution in [0, 0.1) is 10.1 Å². The average Bonchev–Trinajstić information content (AvgIpc) is 3.04. The Labute approximate surface area is 174 Å². The number of non-ortho nitro benzene ring substituents is 1. The average molecular weight is 409 g/mol. The Balaban J connectivity index is 1.95. The smallest absolute Gasteiger partial charge is 0.270 e. The van der Waals surface area contributed by atoms with Gasteiger partial charge in [-0.1, -0.05) is 25.1 Å². The van der Waals surface area contributed by atoms with Crippen LogP contribution in [0.4, 0.5) is 5.69 Å². The third kappa shape index (κ3) is 3.24. The number of hydroxylamine groups is 2. The van der Waals surface area contributed by atoms with E-state index >= 15 is 0 Å². The number of ether oxygens (including phenoxy) is 1. The van der Waals surface area contributed by atoms with Crippen LogP contribution in [0.1, 0.15) is 42.3 Å². The van der Waals surface area contributed by atoms with Crippen molar-refractivity contribution in [2.75, 3.05) is 13.1 Å². The van der Waals surface area contributed by atoms with E-state index in [1.54, 1.807) is 17.0 Å². The molecule has 30 heavy (non-hydrogen) atoms. The normalized spacial score (nSPS) is 17.1. The second-order valence-electron chi connectivity index (χ2n) is 7.91. The molecule has 2 aromatic carbocycles. The van der Waals surface area contributed by atoms with Gasteiger partial charge in [0.25, 0.3) is 11.6 Å². The van der Waals surface area contributed by atoms with Gasteiger partial charge in [0.15, 0.2) is 0 Å². The van der Waals surface area contributed by atoms with E-state index in [1.807, 2.05) is 39.0 Å². The molecule has 4 rings (SSSR count). The van der Waals surface area contributed by atoms with Gasteiger partial charge in [0, 0.05) is 35.4 Å². The van der Waals surface area contributed by atoms with Gasteiger partial charge >= 0.3 is 0 Å². The van der Waals surface area contributed by atoms with Gasteiger partial charge in [-0.2, -0.15) is 5.06 Å². The lowest BCUT2D eigenvalue weighted by molar-refractivity contribution is -0.384. The van der Waals surface area contributed by atoms with E-state index in [1.165, 1.54) is 12.1 Å². The second-order valence-corrected chi connectivity index (χ2v) is 7.91. The van der Waals surface area contributed by atoms with Crippen LogP contribution in [0.5, 0.6) is 5.75 Å². The fourth-order valence-corrected chi connectivity index (χ4v) is 3.99. The third-order valence-electron chi connectivity index (χ3n) is 5.60. The maximum Gasteiger partial charge on any atom is 0.270 e. The van der Waals surface area contributed by atoms with E-state index in [0.717, 1.165) is 10.6 Å². The zero-order valence-corrected chi connectivity index (χ0v) is 17.1. The van der Waals surface area contributed by atoms with E-state index in [-0.39, 0.29) is 18.1 Å². The van der Waals surface area contributed by atoms with Crippen molar-refractivity contribution in [3.8, 4) is 5.75 Å². The van der Waals surface area contributed by atoms with E-state index in [2.05, 4.69) is 0 Å². The summed E-state index contributed by atoms with van der Waals surface area (Å²) in [5.74, 6) is 0.295. The highest BCUT2D eigenvalue weighted by Gasteiger charge is 2.42. The van der Waals surface area contributed by atoms with Crippen molar-refractivity contribution in [2.24, 2.45) is 0 Å². The molecule has 8 nitrogen and oxygen atoms in total. The Hall–Kier alpha value is -3.23. The van der Waals surface area contributed by atoms with Gasteiger partial charge in [0.2, 0.25) is 0 Å². The lowest BCUT2D eigenvalue weighted by Crippen LogP contribution is -2.42. The topological polar surface area (TPSA) is 96.2 Å². The molecule has 0 aliphatic carbocycles. The Morgan fingerprint density at radius 3 is 2.63 bits per heavy atom. The molecule has 8 heteroatoms. The Bertz CT molecular complexity index is 1080. The lowest BCUT2D eigenvalue weighted by Gasteiger charge is -2.40. The van der Waals surface area contributed by atoms with Crippen LogP contribution in [0.25, 0.3) is 5.70 Å². The first-order valence-electron chi connectivity index (χ1n) is 9.78. The molecule has 0 spiro atoms. The molecule has 1 amide bonds. The van der Waals surface area contributed by atoms with Crippen LogP contribution in [0.2, 0.25) is 0 Å². The first-order chi connectivity index (χ1) is 14.2. The van der Waals surface area contributed by atoms with Crippen LogP contribution >= 0.6 is 0 Å². The van der Waals surface area contributed by atoms with E-state index in [0.29, 0.717) is 41.2 Å². The molecule has 2 aliphatic rings. The van der Waals surface area contributed by atoms with Crippen LogP contribution in [-0.4, -0.2) is 44.7 Å². The van der Waals surface area contributed by atoms with Gasteiger partial charge in [0.05, 0.1) is 23.7 Å². The summed E-state index contributed by atoms with van der Waals surface area (Å²) in [5, 5.41) is 22.8. The Morgan fingerprint density at radius 2 is 1.97 bits per heavy atom. The summed E-state index contributed by atoms with van der Waals surface area (Å²) in [6, 6.07) is 11.8. The van der Waals surface area contributed by atoms with Crippen molar-refractivity contribution in [2.45, 2.75) is 32.9 Å². The number of nitro benzene ring substituents is 1. The maximum absolute atomic E-state index is 13.3. The van der Waals surface area contributed by atoms with Gasteiger partial charge in [-0.25, -0.2) is 0 Å². The number of rotatable bonds is 5. The van der Waals surface area contributed by atoms with E-state index < -0.39 is 10.5 Å². The molecule has 2 aromatic rings. The summed E-state index contributed by atoms with van der Waals surface area (Å²) in [4.78, 5) is 25.9. The van der Waals surface area contributed by atoms with Gasteiger partial charge < -0.3 is 14.8 Å². The maximum atomic E-state index is 13.3. The molecule has 0 saturated carbocycles. The molecule has 0 unspecified atom stereocenters. The fraction of sp³-hybridized carbons (Fsp3) is 0.318. The summed E-state index contributed by atoms with van der Waals surface area (Å²) >= 11 is 0. The zero-order valence-electron chi connectivity index (χ0n) is 17.1. The lowest BCUT2D eigenvalue weighted by atomic mass is 9.88. The quantitative estimate of drug-likeness (QED) is 0.595. The minimum atomic E-state index is -0.830. The highest BCUT2D eigenvalue weighted by atomic mass is 16.6.